The van der Waals surface area contributed by atoms with Gasteiger partial charge >= 0.3 is 0 Å². The number of ether oxygens (including phenoxy) is 1. The van der Waals surface area contributed by atoms with Crippen molar-refractivity contribution < 1.29 is 4.74 Å². The van der Waals surface area contributed by atoms with Crippen LogP contribution in [0.5, 0.6) is 5.75 Å². The van der Waals surface area contributed by atoms with Gasteiger partial charge in [-0.1, -0.05) is 25.4 Å². The third-order valence-electron chi connectivity index (χ3n) is 3.07. The summed E-state index contributed by atoms with van der Waals surface area (Å²) < 4.78 is 6.06. The molecule has 0 saturated carbocycles. The maximum Gasteiger partial charge on any atom is 0.161 e. The average molecular weight is 371 g/mol. The van der Waals surface area contributed by atoms with Crippen molar-refractivity contribution in [1.82, 2.24) is 9.97 Å². The van der Waals surface area contributed by atoms with E-state index in [1.54, 1.807) is 7.11 Å². The molecule has 0 aliphatic heterocycles. The lowest BCUT2D eigenvalue weighted by atomic mass is 10.1. The van der Waals surface area contributed by atoms with Gasteiger partial charge in [0.25, 0.3) is 0 Å². The molecule has 0 aliphatic carbocycles. The highest BCUT2D eigenvalue weighted by Crippen LogP contribution is 2.33. The molecule has 0 spiro atoms. The van der Waals surface area contributed by atoms with Crippen molar-refractivity contribution in [2.24, 2.45) is 0 Å². The van der Waals surface area contributed by atoms with E-state index in [0.717, 1.165) is 21.5 Å². The smallest absolute Gasteiger partial charge is 0.161 e. The number of rotatable bonds is 4. The van der Waals surface area contributed by atoms with Crippen LogP contribution in [0.1, 0.15) is 25.5 Å². The summed E-state index contributed by atoms with van der Waals surface area (Å²) in [6.07, 6.45) is 0. The van der Waals surface area contributed by atoms with Crippen molar-refractivity contribution in [2.45, 2.75) is 19.8 Å². The quantitative estimate of drug-likeness (QED) is 0.845. The molecule has 1 aromatic carbocycles. The number of anilines is 1. The summed E-state index contributed by atoms with van der Waals surface area (Å²) in [6.45, 7) is 4.19. The summed E-state index contributed by atoms with van der Waals surface area (Å²) in [5.74, 6) is 2.31. The van der Waals surface area contributed by atoms with Gasteiger partial charge in [-0.3, -0.25) is 0 Å². The van der Waals surface area contributed by atoms with Crippen molar-refractivity contribution in [3.05, 3.63) is 33.4 Å². The number of hydrogen-bond donors (Lipinski definition) is 1. The third kappa shape index (κ3) is 3.30. The summed E-state index contributed by atoms with van der Waals surface area (Å²) in [5.41, 5.74) is 1.81. The Bertz CT molecular complexity index is 662. The van der Waals surface area contributed by atoms with Crippen LogP contribution in [-0.2, 0) is 0 Å². The van der Waals surface area contributed by atoms with Crippen LogP contribution in [0.2, 0.25) is 5.02 Å². The summed E-state index contributed by atoms with van der Waals surface area (Å²) in [7, 11) is 3.43. The highest BCUT2D eigenvalue weighted by molar-refractivity contribution is 9.10. The number of hydrogen-bond acceptors (Lipinski definition) is 4. The largest absolute Gasteiger partial charge is 0.495 e. The van der Waals surface area contributed by atoms with E-state index in [2.05, 4.69) is 45.1 Å². The first-order valence-electron chi connectivity index (χ1n) is 6.57. The lowest BCUT2D eigenvalue weighted by molar-refractivity contribution is 0.415. The molecule has 0 fully saturated rings. The van der Waals surface area contributed by atoms with Crippen LogP contribution in [-0.4, -0.2) is 24.1 Å². The van der Waals surface area contributed by atoms with Gasteiger partial charge in [-0.05, 0) is 40.0 Å². The minimum absolute atomic E-state index is 0.280. The predicted octanol–water partition coefficient (Wildman–Crippen LogP) is 4.73. The van der Waals surface area contributed by atoms with Gasteiger partial charge < -0.3 is 10.1 Å². The molecule has 2 rings (SSSR count). The zero-order valence-electron chi connectivity index (χ0n) is 12.4. The zero-order valence-corrected chi connectivity index (χ0v) is 14.7. The van der Waals surface area contributed by atoms with Gasteiger partial charge in [-0.15, -0.1) is 0 Å². The molecule has 112 valence electrons. The molecule has 21 heavy (non-hydrogen) atoms. The number of halogens is 2. The molecule has 6 heteroatoms. The van der Waals surface area contributed by atoms with E-state index >= 15 is 0 Å². The Hall–Kier alpha value is -1.33. The normalized spacial score (nSPS) is 10.8. The maximum absolute atomic E-state index is 6.18. The minimum Gasteiger partial charge on any atom is -0.495 e. The molecule has 0 bridgehead atoms. The standard InChI is InChI=1S/C15H17BrClN3O/c1-8(2)13-12(16)15(18-3)20-14(19-13)9-5-6-11(21-4)10(17)7-9/h5-8H,1-4H3,(H,18,19,20). The molecular weight excluding hydrogens is 354 g/mol. The first-order valence-corrected chi connectivity index (χ1v) is 7.74. The number of nitrogens with one attached hydrogen (secondary N) is 1. The Morgan fingerprint density at radius 3 is 2.52 bits per heavy atom. The average Bonchev–Trinajstić information content (AvgIpc) is 2.47. The molecule has 1 heterocycles. The molecule has 2 aromatic rings. The van der Waals surface area contributed by atoms with Crippen molar-refractivity contribution >= 4 is 33.3 Å². The lowest BCUT2D eigenvalue weighted by Gasteiger charge is -2.14. The SMILES string of the molecule is CNc1nc(-c2ccc(OC)c(Cl)c2)nc(C(C)C)c1Br. The van der Waals surface area contributed by atoms with E-state index in [1.807, 2.05) is 25.2 Å². The van der Waals surface area contributed by atoms with E-state index in [4.69, 9.17) is 16.3 Å². The molecule has 1 N–H and O–H groups in total. The Morgan fingerprint density at radius 2 is 2.00 bits per heavy atom. The molecular formula is C15H17BrClN3O. The van der Waals surface area contributed by atoms with Gasteiger partial charge in [0.2, 0.25) is 0 Å². The van der Waals surface area contributed by atoms with Crippen LogP contribution >= 0.6 is 27.5 Å². The van der Waals surface area contributed by atoms with Crippen molar-refractivity contribution in [1.29, 1.82) is 0 Å². The van der Waals surface area contributed by atoms with Crippen LogP contribution in [0.4, 0.5) is 5.82 Å². The van der Waals surface area contributed by atoms with Crippen LogP contribution in [0.3, 0.4) is 0 Å². The monoisotopic (exact) mass is 369 g/mol. The summed E-state index contributed by atoms with van der Waals surface area (Å²) in [6, 6.07) is 5.53. The molecule has 1 aromatic heterocycles. The Kier molecular flexibility index (Phi) is 5.06. The second kappa shape index (κ2) is 6.62. The van der Waals surface area contributed by atoms with E-state index < -0.39 is 0 Å². The van der Waals surface area contributed by atoms with Gasteiger partial charge in [0.1, 0.15) is 11.6 Å². The number of nitrogens with zero attached hydrogens (tertiary/aromatic N) is 2. The summed E-state index contributed by atoms with van der Waals surface area (Å²) >= 11 is 9.73. The highest BCUT2D eigenvalue weighted by atomic mass is 79.9. The highest BCUT2D eigenvalue weighted by Gasteiger charge is 2.16. The lowest BCUT2D eigenvalue weighted by Crippen LogP contribution is -2.04. The predicted molar refractivity (Wildman–Crippen MR) is 90.4 cm³/mol. The molecule has 0 unspecified atom stereocenters. The van der Waals surface area contributed by atoms with Crippen LogP contribution in [0, 0.1) is 0 Å². The first kappa shape index (κ1) is 16.0. The fourth-order valence-corrected chi connectivity index (χ4v) is 3.04. The van der Waals surface area contributed by atoms with Crippen LogP contribution in [0.15, 0.2) is 22.7 Å². The van der Waals surface area contributed by atoms with Gasteiger partial charge in [0.05, 0.1) is 22.3 Å². The Balaban J connectivity index is 2.58. The Labute approximate surface area is 138 Å². The van der Waals surface area contributed by atoms with Gasteiger partial charge in [-0.25, -0.2) is 9.97 Å². The third-order valence-corrected chi connectivity index (χ3v) is 4.15. The van der Waals surface area contributed by atoms with E-state index in [1.165, 1.54) is 0 Å². The van der Waals surface area contributed by atoms with Crippen LogP contribution in [0.25, 0.3) is 11.4 Å². The summed E-state index contributed by atoms with van der Waals surface area (Å²) in [5, 5.41) is 3.62. The molecule has 4 nitrogen and oxygen atoms in total. The Morgan fingerprint density at radius 1 is 1.29 bits per heavy atom. The van der Waals surface area contributed by atoms with E-state index in [9.17, 15) is 0 Å². The molecule has 0 radical (unpaired) electrons. The van der Waals surface area contributed by atoms with Crippen molar-refractivity contribution in [3.8, 4) is 17.1 Å². The molecule has 0 saturated heterocycles. The van der Waals surface area contributed by atoms with Gasteiger partial charge in [0, 0.05) is 12.6 Å². The first-order chi connectivity index (χ1) is 9.97. The zero-order chi connectivity index (χ0) is 15.6. The summed E-state index contributed by atoms with van der Waals surface area (Å²) in [4.78, 5) is 9.18. The molecule has 0 atom stereocenters. The van der Waals surface area contributed by atoms with Gasteiger partial charge in [0.15, 0.2) is 5.82 Å². The second-order valence-corrected chi connectivity index (χ2v) is 6.05. The topological polar surface area (TPSA) is 47.0 Å². The van der Waals surface area contributed by atoms with E-state index in [0.29, 0.717) is 16.6 Å². The van der Waals surface area contributed by atoms with Crippen LogP contribution < -0.4 is 10.1 Å². The molecule has 0 amide bonds. The minimum atomic E-state index is 0.280. The van der Waals surface area contributed by atoms with Crippen molar-refractivity contribution in [2.75, 3.05) is 19.5 Å². The molecule has 0 aliphatic rings. The number of benzene rings is 1. The van der Waals surface area contributed by atoms with Gasteiger partial charge in [-0.2, -0.15) is 0 Å². The fourth-order valence-electron chi connectivity index (χ4n) is 1.95. The van der Waals surface area contributed by atoms with Crippen molar-refractivity contribution in [3.63, 3.8) is 0 Å². The second-order valence-electron chi connectivity index (χ2n) is 4.85. The van der Waals surface area contributed by atoms with E-state index in [-0.39, 0.29) is 5.92 Å². The fraction of sp³-hybridized carbons (Fsp3) is 0.333. The maximum atomic E-state index is 6.18. The number of aromatic nitrogens is 2. The number of methoxy groups -OCH3 is 1.